The van der Waals surface area contributed by atoms with Gasteiger partial charge in [0.1, 0.15) is 6.54 Å². The number of hydrogen-bond acceptors (Lipinski definition) is 3. The third-order valence-electron chi connectivity index (χ3n) is 6.01. The maximum Gasteiger partial charge on any atom is 0.264 e. The van der Waals surface area contributed by atoms with Gasteiger partial charge < -0.3 is 4.90 Å². The van der Waals surface area contributed by atoms with Crippen molar-refractivity contribution in [2.75, 3.05) is 15.7 Å². The Morgan fingerprint density at radius 3 is 2.38 bits per heavy atom. The van der Waals surface area contributed by atoms with Crippen LogP contribution in [0.3, 0.4) is 0 Å². The number of para-hydroxylation sites is 2. The van der Waals surface area contributed by atoms with Gasteiger partial charge in [-0.25, -0.2) is 8.42 Å². The lowest BCUT2D eigenvalue weighted by molar-refractivity contribution is -0.117. The Bertz CT molecular complexity index is 1240. The van der Waals surface area contributed by atoms with Crippen molar-refractivity contribution >= 4 is 27.3 Å². The number of benzene rings is 3. The third kappa shape index (κ3) is 4.02. The van der Waals surface area contributed by atoms with Crippen LogP contribution < -0.4 is 9.21 Å². The van der Waals surface area contributed by atoms with E-state index in [1.165, 1.54) is 4.31 Å². The molecule has 3 aromatic rings. The first-order valence-electron chi connectivity index (χ1n) is 10.9. The molecule has 166 valence electrons. The van der Waals surface area contributed by atoms with Crippen molar-refractivity contribution < 1.29 is 13.2 Å². The Morgan fingerprint density at radius 2 is 1.66 bits per heavy atom. The van der Waals surface area contributed by atoms with Crippen LogP contribution in [0.5, 0.6) is 0 Å². The first kappa shape index (κ1) is 22.1. The van der Waals surface area contributed by atoms with Crippen LogP contribution >= 0.6 is 0 Å². The summed E-state index contributed by atoms with van der Waals surface area (Å²) in [6.07, 6.45) is 1.42. The quantitative estimate of drug-likeness (QED) is 0.548. The van der Waals surface area contributed by atoms with Gasteiger partial charge in [0.05, 0.1) is 10.6 Å². The summed E-state index contributed by atoms with van der Waals surface area (Å²) >= 11 is 0. The Hall–Kier alpha value is -3.12. The van der Waals surface area contributed by atoms with Crippen LogP contribution in [0, 0.1) is 6.92 Å². The molecule has 3 aromatic carbocycles. The zero-order chi connectivity index (χ0) is 22.9. The molecule has 0 unspecified atom stereocenters. The second-order valence-electron chi connectivity index (χ2n) is 8.25. The molecule has 0 aromatic heterocycles. The highest BCUT2D eigenvalue weighted by molar-refractivity contribution is 7.92. The van der Waals surface area contributed by atoms with Crippen LogP contribution in [0.25, 0.3) is 0 Å². The predicted molar refractivity (Wildman–Crippen MR) is 129 cm³/mol. The molecule has 32 heavy (non-hydrogen) atoms. The molecule has 6 heteroatoms. The van der Waals surface area contributed by atoms with Crippen molar-refractivity contribution in [2.24, 2.45) is 0 Å². The average Bonchev–Trinajstić information content (AvgIpc) is 3.13. The van der Waals surface area contributed by atoms with E-state index in [2.05, 4.69) is 0 Å². The van der Waals surface area contributed by atoms with Gasteiger partial charge in [-0.15, -0.1) is 0 Å². The van der Waals surface area contributed by atoms with Gasteiger partial charge in [-0.2, -0.15) is 0 Å². The Labute approximate surface area is 190 Å². The normalized spacial score (nSPS) is 15.5. The van der Waals surface area contributed by atoms with Crippen molar-refractivity contribution in [1.29, 1.82) is 0 Å². The smallest absolute Gasteiger partial charge is 0.264 e. The molecule has 0 radical (unpaired) electrons. The molecule has 1 aliphatic heterocycles. The lowest BCUT2D eigenvalue weighted by Crippen LogP contribution is -2.45. The summed E-state index contributed by atoms with van der Waals surface area (Å²) in [6, 6.07) is 21.9. The highest BCUT2D eigenvalue weighted by atomic mass is 32.2. The van der Waals surface area contributed by atoms with Gasteiger partial charge in [-0.05, 0) is 62.1 Å². The highest BCUT2D eigenvalue weighted by Crippen LogP contribution is 2.33. The van der Waals surface area contributed by atoms with Gasteiger partial charge in [0.15, 0.2) is 0 Å². The monoisotopic (exact) mass is 448 g/mol. The van der Waals surface area contributed by atoms with Crippen LogP contribution in [-0.2, 0) is 27.7 Å². The molecule has 0 bridgehead atoms. The van der Waals surface area contributed by atoms with Crippen molar-refractivity contribution in [3.63, 3.8) is 0 Å². The molecule has 0 saturated carbocycles. The topological polar surface area (TPSA) is 57.7 Å². The maximum absolute atomic E-state index is 13.7. The van der Waals surface area contributed by atoms with Crippen LogP contribution in [0.4, 0.5) is 11.4 Å². The minimum atomic E-state index is -3.94. The number of nitrogens with zero attached hydrogens (tertiary/aromatic N) is 2. The minimum Gasteiger partial charge on any atom is -0.307 e. The van der Waals surface area contributed by atoms with Crippen LogP contribution in [0.1, 0.15) is 30.5 Å². The minimum absolute atomic E-state index is 0.0229. The Kier molecular flexibility index (Phi) is 6.07. The molecule has 0 spiro atoms. The fourth-order valence-corrected chi connectivity index (χ4v) is 5.79. The summed E-state index contributed by atoms with van der Waals surface area (Å²) in [5.41, 5.74) is 4.37. The Morgan fingerprint density at radius 1 is 1.00 bits per heavy atom. The molecule has 1 heterocycles. The Balaban J connectivity index is 1.77. The van der Waals surface area contributed by atoms with E-state index in [9.17, 15) is 13.2 Å². The van der Waals surface area contributed by atoms with E-state index in [1.807, 2.05) is 63.2 Å². The highest BCUT2D eigenvalue weighted by Gasteiger charge is 2.35. The summed E-state index contributed by atoms with van der Waals surface area (Å²) in [5, 5.41) is 0. The van der Waals surface area contributed by atoms with E-state index in [0.29, 0.717) is 12.1 Å². The average molecular weight is 449 g/mol. The summed E-state index contributed by atoms with van der Waals surface area (Å²) in [4.78, 5) is 15.5. The van der Waals surface area contributed by atoms with E-state index < -0.39 is 10.0 Å². The maximum atomic E-state index is 13.7. The van der Waals surface area contributed by atoms with Crippen molar-refractivity contribution in [3.8, 4) is 0 Å². The van der Waals surface area contributed by atoms with Gasteiger partial charge in [0, 0.05) is 11.7 Å². The molecule has 1 atom stereocenters. The fraction of sp³-hybridized carbons (Fsp3) is 0.269. The molecule has 1 amide bonds. The second-order valence-corrected chi connectivity index (χ2v) is 10.1. The zero-order valence-electron chi connectivity index (χ0n) is 18.7. The summed E-state index contributed by atoms with van der Waals surface area (Å²) in [5.74, 6) is -0.232. The number of rotatable bonds is 6. The lowest BCUT2D eigenvalue weighted by atomic mass is 10.1. The number of aryl methyl sites for hydroxylation is 2. The van der Waals surface area contributed by atoms with Crippen molar-refractivity contribution in [3.05, 3.63) is 89.5 Å². The summed E-state index contributed by atoms with van der Waals surface area (Å²) < 4.78 is 28.8. The van der Waals surface area contributed by atoms with Gasteiger partial charge in [-0.3, -0.25) is 9.10 Å². The number of amides is 1. The van der Waals surface area contributed by atoms with Gasteiger partial charge in [0.25, 0.3) is 10.0 Å². The van der Waals surface area contributed by atoms with E-state index in [4.69, 9.17) is 0 Å². The standard InChI is InChI=1S/C26H28N2O3S/c1-4-21-9-5-7-11-24(21)27(32(30,31)23-15-13-19(2)14-16-23)18-26(29)28-20(3)17-22-10-6-8-12-25(22)28/h5-16,20H,4,17-18H2,1-3H3/t20-/m0/s1. The first-order valence-corrected chi connectivity index (χ1v) is 12.3. The second kappa shape index (κ2) is 8.79. The number of carbonyl (C=O) groups is 1. The number of hydrogen-bond donors (Lipinski definition) is 0. The number of anilines is 2. The van der Waals surface area contributed by atoms with E-state index >= 15 is 0 Å². The molecular formula is C26H28N2O3S. The molecule has 1 aliphatic rings. The van der Waals surface area contributed by atoms with Crippen molar-refractivity contribution in [1.82, 2.24) is 0 Å². The summed E-state index contributed by atoms with van der Waals surface area (Å²) in [6.45, 7) is 5.63. The van der Waals surface area contributed by atoms with Crippen LogP contribution in [0.2, 0.25) is 0 Å². The van der Waals surface area contributed by atoms with E-state index in [-0.39, 0.29) is 23.4 Å². The molecule has 5 nitrogen and oxygen atoms in total. The molecule has 0 N–H and O–H groups in total. The number of fused-ring (bicyclic) bond motifs is 1. The van der Waals surface area contributed by atoms with E-state index in [0.717, 1.165) is 28.8 Å². The molecule has 0 aliphatic carbocycles. The molecule has 4 rings (SSSR count). The fourth-order valence-electron chi connectivity index (χ4n) is 4.33. The number of sulfonamides is 1. The van der Waals surface area contributed by atoms with E-state index in [1.54, 1.807) is 35.2 Å². The largest absolute Gasteiger partial charge is 0.307 e. The zero-order valence-corrected chi connectivity index (χ0v) is 19.5. The lowest BCUT2D eigenvalue weighted by Gasteiger charge is -2.30. The van der Waals surface area contributed by atoms with Gasteiger partial charge in [0.2, 0.25) is 5.91 Å². The third-order valence-corrected chi connectivity index (χ3v) is 7.78. The van der Waals surface area contributed by atoms with Crippen LogP contribution in [0.15, 0.2) is 77.7 Å². The van der Waals surface area contributed by atoms with Gasteiger partial charge in [-0.1, -0.05) is 61.0 Å². The SMILES string of the molecule is CCc1ccccc1N(CC(=O)N1c2ccccc2C[C@@H]1C)S(=O)(=O)c1ccc(C)cc1. The predicted octanol–water partition coefficient (Wildman–Crippen LogP) is 4.73. The van der Waals surface area contributed by atoms with Crippen LogP contribution in [-0.4, -0.2) is 26.9 Å². The molecular weight excluding hydrogens is 420 g/mol. The molecule has 0 saturated heterocycles. The first-order chi connectivity index (χ1) is 15.3. The van der Waals surface area contributed by atoms with Gasteiger partial charge >= 0.3 is 0 Å². The molecule has 0 fully saturated rings. The summed E-state index contributed by atoms with van der Waals surface area (Å²) in [7, 11) is -3.94. The van der Waals surface area contributed by atoms with Crippen molar-refractivity contribution in [2.45, 2.75) is 44.6 Å². The number of carbonyl (C=O) groups excluding carboxylic acids is 1.